The van der Waals surface area contributed by atoms with Gasteiger partial charge in [0, 0.05) is 62.9 Å². The number of thioether (sulfide) groups is 1. The number of hydrazine groups is 1. The Kier molecular flexibility index (Phi) is 6.88. The standard InChI is InChI=1S/C21H35FN6O4S2/c1-26-8-14(7-24-26)9-28-19(29)17-6-16(34(31,32)25-21(12-22)4-5-21)2-3-18(17)27(20(28)30)10-15-11-33-13-23-15/h14-18,23-25H,2-13H2,1H3. The number of urea groups is 1. The van der Waals surface area contributed by atoms with E-state index in [0.717, 1.165) is 18.2 Å². The Morgan fingerprint density at radius 2 is 2.03 bits per heavy atom. The topological polar surface area (TPSA) is 114 Å². The van der Waals surface area contributed by atoms with Crippen molar-refractivity contribution < 1.29 is 22.4 Å². The Balaban J connectivity index is 1.35. The fourth-order valence-corrected chi connectivity index (χ4v) is 8.70. The molecule has 3 aliphatic heterocycles. The average molecular weight is 519 g/mol. The Labute approximate surface area is 204 Å². The molecule has 0 spiro atoms. The number of nitrogens with zero attached hydrogens (tertiary/aromatic N) is 3. The number of alkyl halides is 1. The van der Waals surface area contributed by atoms with Gasteiger partial charge in [-0.1, -0.05) is 0 Å². The van der Waals surface area contributed by atoms with Crippen LogP contribution < -0.4 is 15.5 Å². The Bertz CT molecular complexity index is 913. The minimum Gasteiger partial charge on any atom is -0.319 e. The van der Waals surface area contributed by atoms with Crippen LogP contribution in [0.4, 0.5) is 9.18 Å². The number of rotatable bonds is 8. The van der Waals surface area contributed by atoms with Crippen LogP contribution >= 0.6 is 11.8 Å². The first-order valence-electron chi connectivity index (χ1n) is 12.2. The van der Waals surface area contributed by atoms with Gasteiger partial charge in [0.15, 0.2) is 0 Å². The van der Waals surface area contributed by atoms with Gasteiger partial charge in [-0.25, -0.2) is 27.3 Å². The first kappa shape index (κ1) is 24.7. The molecule has 0 aromatic carbocycles. The number of hydrogen-bond acceptors (Lipinski definition) is 8. The minimum atomic E-state index is -3.76. The van der Waals surface area contributed by atoms with Crippen molar-refractivity contribution in [3.63, 3.8) is 0 Å². The third-order valence-corrected chi connectivity index (χ3v) is 11.0. The third-order valence-electron chi connectivity index (χ3n) is 7.97. The van der Waals surface area contributed by atoms with Gasteiger partial charge in [0.25, 0.3) is 0 Å². The summed E-state index contributed by atoms with van der Waals surface area (Å²) in [6.07, 6.45) is 1.99. The zero-order valence-corrected chi connectivity index (χ0v) is 21.2. The van der Waals surface area contributed by atoms with Crippen molar-refractivity contribution in [3.8, 4) is 0 Å². The molecule has 3 heterocycles. The van der Waals surface area contributed by atoms with Crippen LogP contribution in [0.5, 0.6) is 0 Å². The lowest BCUT2D eigenvalue weighted by molar-refractivity contribution is -0.141. The lowest BCUT2D eigenvalue weighted by atomic mass is 9.80. The zero-order valence-electron chi connectivity index (χ0n) is 19.5. The SMILES string of the molecule is CN1CC(CN2C(=O)C3CC(S(=O)(=O)NC4(CF)CC4)CCC3N(CC3CSCN3)C2=O)CN1. The molecule has 0 aromatic rings. The molecule has 2 aliphatic carbocycles. The number of carbonyl (C=O) groups is 2. The highest BCUT2D eigenvalue weighted by Crippen LogP contribution is 2.41. The fraction of sp³-hybridized carbons (Fsp3) is 0.905. The summed E-state index contributed by atoms with van der Waals surface area (Å²) < 4.78 is 42.2. The molecule has 5 atom stereocenters. The highest BCUT2D eigenvalue weighted by atomic mass is 32.2. The van der Waals surface area contributed by atoms with Crippen LogP contribution in [0.2, 0.25) is 0 Å². The molecule has 5 unspecified atom stereocenters. The van der Waals surface area contributed by atoms with E-state index in [1.165, 1.54) is 4.90 Å². The second kappa shape index (κ2) is 9.47. The quantitative estimate of drug-likeness (QED) is 0.410. The Hall–Kier alpha value is -0.990. The summed E-state index contributed by atoms with van der Waals surface area (Å²) in [7, 11) is -1.83. The minimum absolute atomic E-state index is 0.125. The smallest absolute Gasteiger partial charge is 0.319 e. The fourth-order valence-electron chi connectivity index (χ4n) is 5.78. The number of amides is 3. The van der Waals surface area contributed by atoms with Gasteiger partial charge in [-0.3, -0.25) is 15.1 Å². The van der Waals surface area contributed by atoms with E-state index in [9.17, 15) is 22.4 Å². The maximum absolute atomic E-state index is 13.6. The lowest BCUT2D eigenvalue weighted by Gasteiger charge is -2.49. The molecule has 0 radical (unpaired) electrons. The summed E-state index contributed by atoms with van der Waals surface area (Å²) in [4.78, 5) is 30.3. The highest BCUT2D eigenvalue weighted by Gasteiger charge is 2.53. The van der Waals surface area contributed by atoms with Crippen molar-refractivity contribution in [2.75, 3.05) is 51.5 Å². The summed E-state index contributed by atoms with van der Waals surface area (Å²) in [6, 6.07) is -0.393. The zero-order chi connectivity index (χ0) is 24.1. The number of sulfonamides is 1. The van der Waals surface area contributed by atoms with Gasteiger partial charge in [-0.15, -0.1) is 11.8 Å². The van der Waals surface area contributed by atoms with Crippen molar-refractivity contribution in [3.05, 3.63) is 0 Å². The second-order valence-electron chi connectivity index (χ2n) is 10.6. The molecule has 13 heteroatoms. The number of hydrogen-bond donors (Lipinski definition) is 3. The van der Waals surface area contributed by atoms with Crippen LogP contribution in [0.3, 0.4) is 0 Å². The highest BCUT2D eigenvalue weighted by molar-refractivity contribution is 7.99. The largest absolute Gasteiger partial charge is 0.327 e. The second-order valence-corrected chi connectivity index (χ2v) is 13.6. The molecule has 10 nitrogen and oxygen atoms in total. The lowest BCUT2D eigenvalue weighted by Crippen LogP contribution is -2.66. The number of halogens is 1. The van der Waals surface area contributed by atoms with Crippen molar-refractivity contribution in [2.24, 2.45) is 11.8 Å². The molecule has 2 saturated carbocycles. The van der Waals surface area contributed by atoms with Gasteiger partial charge in [-0.05, 0) is 32.1 Å². The van der Waals surface area contributed by atoms with Crippen LogP contribution in [-0.4, -0.2) is 110 Å². The first-order valence-corrected chi connectivity index (χ1v) is 14.9. The van der Waals surface area contributed by atoms with Crippen molar-refractivity contribution >= 4 is 33.7 Å². The van der Waals surface area contributed by atoms with Crippen LogP contribution in [-0.2, 0) is 14.8 Å². The van der Waals surface area contributed by atoms with Crippen molar-refractivity contribution in [1.29, 1.82) is 0 Å². The van der Waals surface area contributed by atoms with Gasteiger partial charge in [0.2, 0.25) is 15.9 Å². The molecule has 34 heavy (non-hydrogen) atoms. The van der Waals surface area contributed by atoms with Crippen LogP contribution in [0, 0.1) is 11.8 Å². The van der Waals surface area contributed by atoms with E-state index in [2.05, 4.69) is 15.5 Å². The molecule has 0 aromatic heterocycles. The molecule has 3 amide bonds. The van der Waals surface area contributed by atoms with Gasteiger partial charge in [0.05, 0.1) is 16.7 Å². The predicted octanol–water partition coefficient (Wildman–Crippen LogP) is -0.0619. The van der Waals surface area contributed by atoms with E-state index in [4.69, 9.17) is 0 Å². The van der Waals surface area contributed by atoms with E-state index >= 15 is 0 Å². The molecular weight excluding hydrogens is 483 g/mol. The summed E-state index contributed by atoms with van der Waals surface area (Å²) in [5.41, 5.74) is 2.26. The van der Waals surface area contributed by atoms with E-state index in [1.54, 1.807) is 11.8 Å². The van der Waals surface area contributed by atoms with Crippen molar-refractivity contribution in [1.82, 2.24) is 30.3 Å². The maximum atomic E-state index is 13.6. The van der Waals surface area contributed by atoms with E-state index < -0.39 is 33.4 Å². The average Bonchev–Trinajstić information content (AvgIpc) is 3.17. The molecule has 5 aliphatic rings. The summed E-state index contributed by atoms with van der Waals surface area (Å²) >= 11 is 1.78. The monoisotopic (exact) mass is 518 g/mol. The molecule has 192 valence electrons. The Morgan fingerprint density at radius 3 is 2.65 bits per heavy atom. The summed E-state index contributed by atoms with van der Waals surface area (Å²) in [6.45, 7) is 1.55. The molecule has 3 N–H and O–H groups in total. The van der Waals surface area contributed by atoms with Crippen LogP contribution in [0.1, 0.15) is 32.1 Å². The Morgan fingerprint density at radius 1 is 1.24 bits per heavy atom. The summed E-state index contributed by atoms with van der Waals surface area (Å²) in [5, 5.41) is 4.61. The number of nitrogens with one attached hydrogen (secondary N) is 3. The number of carbonyl (C=O) groups excluding carboxylic acids is 2. The molecule has 5 rings (SSSR count). The van der Waals surface area contributed by atoms with E-state index in [0.29, 0.717) is 45.3 Å². The molecule has 3 saturated heterocycles. The maximum Gasteiger partial charge on any atom is 0.327 e. The first-order chi connectivity index (χ1) is 16.2. The van der Waals surface area contributed by atoms with Gasteiger partial charge in [0.1, 0.15) is 6.67 Å². The van der Waals surface area contributed by atoms with Crippen molar-refractivity contribution in [2.45, 2.75) is 55.0 Å². The third kappa shape index (κ3) is 4.83. The van der Waals surface area contributed by atoms with Crippen LogP contribution in [0.25, 0.3) is 0 Å². The van der Waals surface area contributed by atoms with E-state index in [-0.39, 0.29) is 36.4 Å². The van der Waals surface area contributed by atoms with Gasteiger partial charge >= 0.3 is 6.03 Å². The number of imide groups is 1. The van der Waals surface area contributed by atoms with Crippen LogP contribution in [0.15, 0.2) is 0 Å². The molecule has 0 bridgehead atoms. The molecular formula is C21H35FN6O4S2. The normalized spacial score (nSPS) is 36.2. The van der Waals surface area contributed by atoms with Gasteiger partial charge in [-0.2, -0.15) is 0 Å². The van der Waals surface area contributed by atoms with Gasteiger partial charge < -0.3 is 10.2 Å². The predicted molar refractivity (Wildman–Crippen MR) is 127 cm³/mol. The summed E-state index contributed by atoms with van der Waals surface area (Å²) in [5.74, 6) is 1.04. The van der Waals surface area contributed by atoms with E-state index in [1.807, 2.05) is 17.0 Å². The molecule has 5 fully saturated rings. The number of fused-ring (bicyclic) bond motifs is 1.